The summed E-state index contributed by atoms with van der Waals surface area (Å²) in [7, 11) is 0. The molecule has 1 unspecified atom stereocenters. The molecule has 1 aromatic rings. The lowest BCUT2D eigenvalue weighted by molar-refractivity contribution is 0.320. The lowest BCUT2D eigenvalue weighted by atomic mass is 9.58. The quantitative estimate of drug-likeness (QED) is 0.713. The molecular formula is C16H17N. The highest BCUT2D eigenvalue weighted by Crippen LogP contribution is 2.49. The molecule has 3 aliphatic rings. The molecule has 1 aromatic carbocycles. The van der Waals surface area contributed by atoms with Gasteiger partial charge in [-0.1, -0.05) is 42.5 Å². The fraction of sp³-hybridized carbons (Fsp3) is 0.375. The van der Waals surface area contributed by atoms with Gasteiger partial charge in [0.1, 0.15) is 0 Å². The minimum atomic E-state index is 0.319. The van der Waals surface area contributed by atoms with Crippen molar-refractivity contribution < 1.29 is 0 Å². The first kappa shape index (κ1) is 9.67. The summed E-state index contributed by atoms with van der Waals surface area (Å²) >= 11 is 0. The molecule has 4 rings (SSSR count). The Hall–Kier alpha value is -1.34. The highest BCUT2D eigenvalue weighted by Gasteiger charge is 2.46. The van der Waals surface area contributed by atoms with E-state index in [1.807, 2.05) is 0 Å². The first-order chi connectivity index (χ1) is 8.40. The zero-order valence-electron chi connectivity index (χ0n) is 9.95. The van der Waals surface area contributed by atoms with Crippen molar-refractivity contribution in [1.82, 2.24) is 5.32 Å². The van der Waals surface area contributed by atoms with Gasteiger partial charge in [-0.25, -0.2) is 0 Å². The Kier molecular flexibility index (Phi) is 1.89. The molecule has 0 amide bonds. The van der Waals surface area contributed by atoms with Crippen molar-refractivity contribution in [1.29, 1.82) is 0 Å². The number of piperidine rings is 1. The van der Waals surface area contributed by atoms with Gasteiger partial charge in [-0.05, 0) is 42.5 Å². The molecule has 0 aromatic heterocycles. The Labute approximate surface area is 102 Å². The summed E-state index contributed by atoms with van der Waals surface area (Å²) in [4.78, 5) is 0. The van der Waals surface area contributed by atoms with Crippen molar-refractivity contribution in [3.05, 3.63) is 59.2 Å². The molecule has 2 atom stereocenters. The first-order valence-corrected chi connectivity index (χ1v) is 6.59. The monoisotopic (exact) mass is 223 g/mol. The lowest BCUT2D eigenvalue weighted by Crippen LogP contribution is -2.53. The van der Waals surface area contributed by atoms with Crippen molar-refractivity contribution in [2.75, 3.05) is 6.54 Å². The van der Waals surface area contributed by atoms with E-state index >= 15 is 0 Å². The van der Waals surface area contributed by atoms with Crippen molar-refractivity contribution in [3.8, 4) is 0 Å². The average Bonchev–Trinajstić information content (AvgIpc) is 2.39. The second-order valence-electron chi connectivity index (χ2n) is 5.45. The SMILES string of the molecule is C1=CC[C@]23CCNC(Cc4ccccc42)C3=C1. The molecule has 2 aliphatic carbocycles. The molecule has 1 saturated heterocycles. The van der Waals surface area contributed by atoms with Crippen LogP contribution in [0.25, 0.3) is 0 Å². The Morgan fingerprint density at radius 1 is 1.24 bits per heavy atom. The van der Waals surface area contributed by atoms with Gasteiger partial charge in [-0.15, -0.1) is 0 Å². The predicted octanol–water partition coefficient (Wildman–Crippen LogP) is 2.73. The van der Waals surface area contributed by atoms with Gasteiger partial charge in [-0.3, -0.25) is 0 Å². The second kappa shape index (κ2) is 3.33. The number of allylic oxidation sites excluding steroid dienone is 3. The van der Waals surface area contributed by atoms with Crippen molar-refractivity contribution in [2.45, 2.75) is 30.7 Å². The molecular weight excluding hydrogens is 206 g/mol. The van der Waals surface area contributed by atoms with E-state index < -0.39 is 0 Å². The van der Waals surface area contributed by atoms with Crippen LogP contribution in [0.1, 0.15) is 24.0 Å². The molecule has 1 N–H and O–H groups in total. The fourth-order valence-corrected chi connectivity index (χ4v) is 3.95. The molecule has 1 heterocycles. The number of rotatable bonds is 0. The maximum atomic E-state index is 3.68. The van der Waals surface area contributed by atoms with E-state index in [0.717, 1.165) is 13.0 Å². The normalized spacial score (nSPS) is 33.6. The van der Waals surface area contributed by atoms with Crippen LogP contribution in [0.5, 0.6) is 0 Å². The summed E-state index contributed by atoms with van der Waals surface area (Å²) in [6, 6.07) is 9.61. The van der Waals surface area contributed by atoms with E-state index in [1.54, 1.807) is 16.7 Å². The van der Waals surface area contributed by atoms with Crippen molar-refractivity contribution >= 4 is 0 Å². The smallest absolute Gasteiger partial charge is 0.0332 e. The third-order valence-corrected chi connectivity index (χ3v) is 4.71. The highest BCUT2D eigenvalue weighted by atomic mass is 14.9. The Morgan fingerprint density at radius 2 is 2.18 bits per heavy atom. The van der Waals surface area contributed by atoms with Crippen LogP contribution < -0.4 is 5.32 Å². The fourth-order valence-electron chi connectivity index (χ4n) is 3.95. The third kappa shape index (κ3) is 1.18. The minimum absolute atomic E-state index is 0.319. The van der Waals surface area contributed by atoms with Crippen LogP contribution in [-0.2, 0) is 11.8 Å². The Bertz CT molecular complexity index is 526. The highest BCUT2D eigenvalue weighted by molar-refractivity contribution is 5.52. The molecule has 0 saturated carbocycles. The molecule has 0 spiro atoms. The molecule has 2 bridgehead atoms. The largest absolute Gasteiger partial charge is 0.310 e. The number of hydrogen-bond donors (Lipinski definition) is 1. The van der Waals surface area contributed by atoms with Gasteiger partial charge in [0.25, 0.3) is 0 Å². The van der Waals surface area contributed by atoms with E-state index in [-0.39, 0.29) is 0 Å². The van der Waals surface area contributed by atoms with E-state index in [1.165, 1.54) is 12.8 Å². The van der Waals surface area contributed by atoms with E-state index in [9.17, 15) is 0 Å². The summed E-state index contributed by atoms with van der Waals surface area (Å²) in [5, 5.41) is 3.68. The maximum Gasteiger partial charge on any atom is 0.0332 e. The molecule has 1 fully saturated rings. The van der Waals surface area contributed by atoms with E-state index in [0.29, 0.717) is 11.5 Å². The Morgan fingerprint density at radius 3 is 3.18 bits per heavy atom. The maximum absolute atomic E-state index is 3.68. The van der Waals surface area contributed by atoms with Crippen LogP contribution in [0.15, 0.2) is 48.1 Å². The summed E-state index contributed by atoms with van der Waals surface area (Å²) in [5.41, 5.74) is 5.09. The van der Waals surface area contributed by atoms with E-state index in [2.05, 4.69) is 47.8 Å². The van der Waals surface area contributed by atoms with Gasteiger partial charge in [-0.2, -0.15) is 0 Å². The Balaban J connectivity index is 1.99. The third-order valence-electron chi connectivity index (χ3n) is 4.71. The van der Waals surface area contributed by atoms with Gasteiger partial charge in [0.15, 0.2) is 0 Å². The van der Waals surface area contributed by atoms with Crippen molar-refractivity contribution in [3.63, 3.8) is 0 Å². The number of benzene rings is 1. The summed E-state index contributed by atoms with van der Waals surface area (Å²) in [6.45, 7) is 1.16. The zero-order valence-corrected chi connectivity index (χ0v) is 9.95. The van der Waals surface area contributed by atoms with Crippen molar-refractivity contribution in [2.24, 2.45) is 0 Å². The predicted molar refractivity (Wildman–Crippen MR) is 70.1 cm³/mol. The summed E-state index contributed by atoms with van der Waals surface area (Å²) in [5.74, 6) is 0. The van der Waals surface area contributed by atoms with Gasteiger partial charge in [0, 0.05) is 11.5 Å². The van der Waals surface area contributed by atoms with Gasteiger partial charge < -0.3 is 5.32 Å². The number of nitrogens with one attached hydrogen (secondary N) is 1. The average molecular weight is 223 g/mol. The first-order valence-electron chi connectivity index (χ1n) is 6.59. The minimum Gasteiger partial charge on any atom is -0.310 e. The van der Waals surface area contributed by atoms with Crippen LogP contribution in [-0.4, -0.2) is 12.6 Å². The zero-order chi connectivity index (χ0) is 11.3. The molecule has 1 nitrogen and oxygen atoms in total. The topological polar surface area (TPSA) is 12.0 Å². The van der Waals surface area contributed by atoms with Crippen LogP contribution in [0.2, 0.25) is 0 Å². The summed E-state index contributed by atoms with van der Waals surface area (Å²) in [6.07, 6.45) is 10.5. The van der Waals surface area contributed by atoms with Gasteiger partial charge in [0.2, 0.25) is 0 Å². The molecule has 1 heteroatoms. The summed E-state index contributed by atoms with van der Waals surface area (Å²) < 4.78 is 0. The number of fused-ring (bicyclic) bond motifs is 1. The lowest BCUT2D eigenvalue weighted by Gasteiger charge is -2.50. The standard InChI is InChI=1S/C16H17N/c1-2-6-13-12(5-1)11-15-14-7-3-4-8-16(13,14)9-10-17-15/h1-7,15,17H,8-11H2/t15?,16-/m0/s1. The molecule has 17 heavy (non-hydrogen) atoms. The molecule has 0 radical (unpaired) electrons. The van der Waals surface area contributed by atoms with Gasteiger partial charge in [0.05, 0.1) is 0 Å². The van der Waals surface area contributed by atoms with Crippen LogP contribution in [0.3, 0.4) is 0 Å². The van der Waals surface area contributed by atoms with Crippen LogP contribution >= 0.6 is 0 Å². The molecule has 86 valence electrons. The van der Waals surface area contributed by atoms with Gasteiger partial charge >= 0.3 is 0 Å². The number of hydrogen-bond acceptors (Lipinski definition) is 1. The van der Waals surface area contributed by atoms with Crippen LogP contribution in [0, 0.1) is 0 Å². The second-order valence-corrected chi connectivity index (χ2v) is 5.45. The van der Waals surface area contributed by atoms with Crippen LogP contribution in [0.4, 0.5) is 0 Å². The molecule has 1 aliphatic heterocycles. The van der Waals surface area contributed by atoms with E-state index in [4.69, 9.17) is 0 Å².